The van der Waals surface area contributed by atoms with Gasteiger partial charge in [0.2, 0.25) is 5.13 Å². The van der Waals surface area contributed by atoms with E-state index in [4.69, 9.17) is 4.42 Å². The van der Waals surface area contributed by atoms with Crippen LogP contribution in [0.1, 0.15) is 16.5 Å². The van der Waals surface area contributed by atoms with Gasteiger partial charge < -0.3 is 9.73 Å². The summed E-state index contributed by atoms with van der Waals surface area (Å²) in [7, 11) is 0. The summed E-state index contributed by atoms with van der Waals surface area (Å²) in [6, 6.07) is 9.03. The molecule has 0 aliphatic heterocycles. The molecule has 7 nitrogen and oxygen atoms in total. The second-order valence-corrected chi connectivity index (χ2v) is 5.76. The number of furan rings is 1. The fraction of sp³-hybridized carbons (Fsp3) is 0.125. The Morgan fingerprint density at radius 1 is 1.21 bits per heavy atom. The Labute approximate surface area is 142 Å². The van der Waals surface area contributed by atoms with Crippen molar-refractivity contribution in [3.8, 4) is 0 Å². The predicted molar refractivity (Wildman–Crippen MR) is 92.5 cm³/mol. The fourth-order valence-electron chi connectivity index (χ4n) is 1.88. The highest BCUT2D eigenvalue weighted by Crippen LogP contribution is 2.17. The molecule has 0 bridgehead atoms. The van der Waals surface area contributed by atoms with E-state index < -0.39 is 0 Å². The molecule has 0 saturated carbocycles. The van der Waals surface area contributed by atoms with Crippen molar-refractivity contribution in [1.29, 1.82) is 0 Å². The third-order valence-electron chi connectivity index (χ3n) is 2.99. The molecule has 0 saturated heterocycles. The molecule has 0 aromatic carbocycles. The Balaban J connectivity index is 1.45. The van der Waals surface area contributed by atoms with Gasteiger partial charge in [0, 0.05) is 24.9 Å². The van der Waals surface area contributed by atoms with E-state index in [-0.39, 0.29) is 6.03 Å². The first-order valence-corrected chi connectivity index (χ1v) is 8.11. The van der Waals surface area contributed by atoms with E-state index in [9.17, 15) is 4.79 Å². The summed E-state index contributed by atoms with van der Waals surface area (Å²) in [5.41, 5.74) is 0.930. The number of anilines is 1. The van der Waals surface area contributed by atoms with Gasteiger partial charge in [0.1, 0.15) is 10.8 Å². The molecule has 122 valence electrons. The minimum atomic E-state index is -0.316. The molecular weight excluding hydrogens is 326 g/mol. The van der Waals surface area contributed by atoms with Crippen molar-refractivity contribution < 1.29 is 9.21 Å². The molecule has 0 aliphatic rings. The first kappa shape index (κ1) is 15.9. The second-order valence-electron chi connectivity index (χ2n) is 4.75. The van der Waals surface area contributed by atoms with Crippen LogP contribution in [-0.2, 0) is 6.42 Å². The largest absolute Gasteiger partial charge is 0.465 e. The van der Waals surface area contributed by atoms with Crippen molar-refractivity contribution in [2.24, 2.45) is 0 Å². The molecule has 3 rings (SSSR count). The average Bonchev–Trinajstić information content (AvgIpc) is 3.25. The summed E-state index contributed by atoms with van der Waals surface area (Å²) in [4.78, 5) is 16.0. The molecule has 0 aliphatic carbocycles. The van der Waals surface area contributed by atoms with Crippen molar-refractivity contribution >= 4 is 34.7 Å². The Morgan fingerprint density at radius 3 is 2.96 bits per heavy atom. The summed E-state index contributed by atoms with van der Waals surface area (Å²) >= 11 is 1.28. The summed E-state index contributed by atoms with van der Waals surface area (Å²) in [5, 5.41) is 14.4. The number of carbonyl (C=O) groups excluding carboxylic acids is 1. The summed E-state index contributed by atoms with van der Waals surface area (Å²) < 4.78 is 5.19. The zero-order valence-electron chi connectivity index (χ0n) is 12.7. The number of hydrogen-bond acceptors (Lipinski definition) is 6. The van der Waals surface area contributed by atoms with Gasteiger partial charge in [0.05, 0.1) is 6.26 Å². The van der Waals surface area contributed by atoms with E-state index >= 15 is 0 Å². The van der Waals surface area contributed by atoms with Gasteiger partial charge in [0.15, 0.2) is 0 Å². The quantitative estimate of drug-likeness (QED) is 0.719. The van der Waals surface area contributed by atoms with Crippen molar-refractivity contribution in [2.45, 2.75) is 6.42 Å². The number of pyridine rings is 1. The van der Waals surface area contributed by atoms with Gasteiger partial charge in [-0.15, -0.1) is 10.2 Å². The molecule has 24 heavy (non-hydrogen) atoms. The van der Waals surface area contributed by atoms with E-state index in [2.05, 4.69) is 25.8 Å². The van der Waals surface area contributed by atoms with Crippen LogP contribution in [0.4, 0.5) is 9.93 Å². The number of aromatic nitrogens is 3. The van der Waals surface area contributed by atoms with Crippen molar-refractivity contribution in [3.05, 3.63) is 59.3 Å². The maximum Gasteiger partial charge on any atom is 0.321 e. The number of urea groups is 1. The first-order valence-electron chi connectivity index (χ1n) is 7.29. The van der Waals surface area contributed by atoms with Crippen LogP contribution in [0.15, 0.2) is 47.2 Å². The lowest BCUT2D eigenvalue weighted by molar-refractivity contribution is 0.252. The molecule has 3 heterocycles. The lowest BCUT2D eigenvalue weighted by Crippen LogP contribution is -2.30. The van der Waals surface area contributed by atoms with Gasteiger partial charge in [0.25, 0.3) is 0 Å². The monoisotopic (exact) mass is 341 g/mol. The molecule has 2 N–H and O–H groups in total. The number of nitrogens with zero attached hydrogens (tertiary/aromatic N) is 3. The maximum absolute atomic E-state index is 11.8. The molecule has 0 unspecified atom stereocenters. The molecule has 0 fully saturated rings. The highest BCUT2D eigenvalue weighted by molar-refractivity contribution is 7.16. The molecule has 0 atom stereocenters. The summed E-state index contributed by atoms with van der Waals surface area (Å²) in [6.45, 7) is 0.493. The molecule has 8 heteroatoms. The van der Waals surface area contributed by atoms with Crippen LogP contribution in [0.25, 0.3) is 12.2 Å². The number of hydrogen-bond donors (Lipinski definition) is 2. The Morgan fingerprint density at radius 2 is 2.17 bits per heavy atom. The Kier molecular flexibility index (Phi) is 5.31. The Hall–Kier alpha value is -3.00. The van der Waals surface area contributed by atoms with Crippen LogP contribution < -0.4 is 10.6 Å². The highest BCUT2D eigenvalue weighted by atomic mass is 32.1. The van der Waals surface area contributed by atoms with E-state index in [0.29, 0.717) is 23.1 Å². The van der Waals surface area contributed by atoms with Crippen LogP contribution in [0.3, 0.4) is 0 Å². The van der Waals surface area contributed by atoms with Crippen LogP contribution in [0, 0.1) is 0 Å². The molecule has 0 spiro atoms. The minimum Gasteiger partial charge on any atom is -0.465 e. The van der Waals surface area contributed by atoms with Gasteiger partial charge in [-0.25, -0.2) is 4.79 Å². The third-order valence-corrected chi connectivity index (χ3v) is 3.79. The number of rotatable bonds is 6. The Bertz CT molecular complexity index is 799. The standard InChI is InChI=1S/C16H15N5O2S/c22-15(18-10-8-12-4-1-2-9-17-12)19-16-21-20-14(24-16)7-6-13-5-3-11-23-13/h1-7,9,11H,8,10H2,(H2,18,19,21,22). The van der Waals surface area contributed by atoms with Crippen LogP contribution in [-0.4, -0.2) is 27.8 Å². The van der Waals surface area contributed by atoms with Crippen LogP contribution >= 0.6 is 11.3 Å². The van der Waals surface area contributed by atoms with E-state index in [1.807, 2.05) is 30.3 Å². The van der Waals surface area contributed by atoms with E-state index in [1.165, 1.54) is 11.3 Å². The maximum atomic E-state index is 11.8. The van der Waals surface area contributed by atoms with E-state index in [1.54, 1.807) is 24.6 Å². The predicted octanol–water partition coefficient (Wildman–Crippen LogP) is 3.06. The van der Waals surface area contributed by atoms with Crippen LogP contribution in [0.2, 0.25) is 0 Å². The highest BCUT2D eigenvalue weighted by Gasteiger charge is 2.06. The topological polar surface area (TPSA) is 92.9 Å². The van der Waals surface area contributed by atoms with Crippen molar-refractivity contribution in [3.63, 3.8) is 0 Å². The molecular formula is C16H15N5O2S. The van der Waals surface area contributed by atoms with Gasteiger partial charge >= 0.3 is 6.03 Å². The first-order chi connectivity index (χ1) is 11.8. The molecule has 0 radical (unpaired) electrons. The zero-order valence-corrected chi connectivity index (χ0v) is 13.5. The number of carbonyl (C=O) groups is 1. The van der Waals surface area contributed by atoms with Gasteiger partial charge in [-0.2, -0.15) is 0 Å². The average molecular weight is 341 g/mol. The van der Waals surface area contributed by atoms with Crippen molar-refractivity contribution in [1.82, 2.24) is 20.5 Å². The molecule has 2 amide bonds. The molecule has 3 aromatic rings. The lowest BCUT2D eigenvalue weighted by Gasteiger charge is -2.04. The SMILES string of the molecule is O=C(NCCc1ccccn1)Nc1nnc(C=Cc2ccco2)s1. The van der Waals surface area contributed by atoms with Gasteiger partial charge in [-0.1, -0.05) is 17.4 Å². The second kappa shape index (κ2) is 8.02. The minimum absolute atomic E-state index is 0.316. The molecule has 3 aromatic heterocycles. The summed E-state index contributed by atoms with van der Waals surface area (Å²) in [5.74, 6) is 0.729. The third kappa shape index (κ3) is 4.75. The fourth-order valence-corrected chi connectivity index (χ4v) is 2.52. The lowest BCUT2D eigenvalue weighted by atomic mass is 10.3. The zero-order chi connectivity index (χ0) is 16.6. The van der Waals surface area contributed by atoms with Gasteiger partial charge in [-0.05, 0) is 36.4 Å². The number of nitrogens with one attached hydrogen (secondary N) is 2. The smallest absolute Gasteiger partial charge is 0.321 e. The summed E-state index contributed by atoms with van der Waals surface area (Å²) in [6.07, 6.45) is 7.57. The van der Waals surface area contributed by atoms with Crippen LogP contribution in [0.5, 0.6) is 0 Å². The number of amides is 2. The van der Waals surface area contributed by atoms with Crippen molar-refractivity contribution in [2.75, 3.05) is 11.9 Å². The van der Waals surface area contributed by atoms with Gasteiger partial charge in [-0.3, -0.25) is 10.3 Å². The van der Waals surface area contributed by atoms with E-state index in [0.717, 1.165) is 11.5 Å². The normalized spacial score (nSPS) is 10.8.